The lowest BCUT2D eigenvalue weighted by Gasteiger charge is -2.28. The van der Waals surface area contributed by atoms with E-state index in [1.807, 2.05) is 18.4 Å². The number of nitrogens with one attached hydrogen (secondary N) is 1. The van der Waals surface area contributed by atoms with Crippen molar-refractivity contribution in [1.82, 2.24) is 4.90 Å². The summed E-state index contributed by atoms with van der Waals surface area (Å²) in [7, 11) is 0. The Bertz CT molecular complexity index is 705. The van der Waals surface area contributed by atoms with Gasteiger partial charge in [-0.3, -0.25) is 9.59 Å². The topological polar surface area (TPSA) is 69.6 Å². The molecule has 1 heterocycles. The summed E-state index contributed by atoms with van der Waals surface area (Å²) in [6.07, 6.45) is 0. The molecule has 128 valence electrons. The van der Waals surface area contributed by atoms with Gasteiger partial charge in [-0.25, -0.2) is 0 Å². The molecule has 0 aliphatic rings. The highest BCUT2D eigenvalue weighted by atomic mass is 32.1. The van der Waals surface area contributed by atoms with Crippen molar-refractivity contribution in [2.45, 2.75) is 26.4 Å². The highest BCUT2D eigenvalue weighted by Crippen LogP contribution is 2.17. The fourth-order valence-electron chi connectivity index (χ4n) is 2.31. The Balaban J connectivity index is 2.14. The van der Waals surface area contributed by atoms with E-state index in [1.165, 1.54) is 11.3 Å². The number of likely N-dealkylation sites (N-methyl/N-ethyl adjacent to an activating group) is 1. The molecule has 0 fully saturated rings. The molecular weight excluding hydrogens is 324 g/mol. The molecule has 2 rings (SSSR count). The average molecular weight is 346 g/mol. The average Bonchev–Trinajstić information content (AvgIpc) is 3.06. The van der Waals surface area contributed by atoms with Crippen LogP contribution in [0.4, 0.5) is 5.69 Å². The first-order chi connectivity index (χ1) is 11.3. The minimum atomic E-state index is -0.962. The molecule has 2 amide bonds. The van der Waals surface area contributed by atoms with Crippen molar-refractivity contribution in [3.05, 3.63) is 52.2 Å². The number of carbonyl (C=O) groups excluding carboxylic acids is 2. The van der Waals surface area contributed by atoms with E-state index in [9.17, 15) is 14.7 Å². The van der Waals surface area contributed by atoms with Gasteiger partial charge in [-0.2, -0.15) is 0 Å². The minimum Gasteiger partial charge on any atom is -0.389 e. The molecule has 0 unspecified atom stereocenters. The Morgan fingerprint density at radius 3 is 2.58 bits per heavy atom. The van der Waals surface area contributed by atoms with Gasteiger partial charge in [0.15, 0.2) is 0 Å². The summed E-state index contributed by atoms with van der Waals surface area (Å²) in [5.74, 6) is -0.370. The van der Waals surface area contributed by atoms with E-state index < -0.39 is 5.60 Å². The molecule has 0 spiro atoms. The Kier molecular flexibility index (Phi) is 5.75. The molecule has 0 aliphatic heterocycles. The van der Waals surface area contributed by atoms with Crippen LogP contribution >= 0.6 is 11.3 Å². The molecule has 0 bridgehead atoms. The van der Waals surface area contributed by atoms with Crippen LogP contribution in [-0.2, 0) is 0 Å². The fraction of sp³-hybridized carbons (Fsp3) is 0.333. The number of thiophene rings is 1. The van der Waals surface area contributed by atoms with E-state index in [2.05, 4.69) is 5.32 Å². The SMILES string of the molecule is CCN(CC(C)(C)O)C(=O)c1cccc(NC(=O)c2cccs2)c1. The highest BCUT2D eigenvalue weighted by molar-refractivity contribution is 7.12. The second-order valence-corrected chi connectivity index (χ2v) is 7.09. The first-order valence-corrected chi connectivity index (χ1v) is 8.64. The van der Waals surface area contributed by atoms with Crippen LogP contribution in [0.1, 0.15) is 40.8 Å². The second kappa shape index (κ2) is 7.59. The van der Waals surface area contributed by atoms with Crippen LogP contribution < -0.4 is 5.32 Å². The molecule has 1 aromatic heterocycles. The number of aliphatic hydroxyl groups is 1. The summed E-state index contributed by atoms with van der Waals surface area (Å²) < 4.78 is 0. The predicted molar refractivity (Wildman–Crippen MR) is 96.6 cm³/mol. The monoisotopic (exact) mass is 346 g/mol. The van der Waals surface area contributed by atoms with Crippen molar-refractivity contribution in [3.8, 4) is 0 Å². The van der Waals surface area contributed by atoms with E-state index in [4.69, 9.17) is 0 Å². The minimum absolute atomic E-state index is 0.174. The maximum absolute atomic E-state index is 12.6. The lowest BCUT2D eigenvalue weighted by atomic mass is 10.1. The summed E-state index contributed by atoms with van der Waals surface area (Å²) >= 11 is 1.36. The van der Waals surface area contributed by atoms with E-state index >= 15 is 0 Å². The largest absolute Gasteiger partial charge is 0.389 e. The van der Waals surface area contributed by atoms with E-state index in [0.717, 1.165) is 0 Å². The highest BCUT2D eigenvalue weighted by Gasteiger charge is 2.22. The second-order valence-electron chi connectivity index (χ2n) is 6.14. The van der Waals surface area contributed by atoms with Crippen LogP contribution in [0.25, 0.3) is 0 Å². The quantitative estimate of drug-likeness (QED) is 0.844. The number of rotatable bonds is 6. The van der Waals surface area contributed by atoms with Gasteiger partial charge in [0, 0.05) is 24.3 Å². The summed E-state index contributed by atoms with van der Waals surface area (Å²) in [6, 6.07) is 10.4. The number of anilines is 1. The van der Waals surface area contributed by atoms with Crippen molar-refractivity contribution >= 4 is 28.8 Å². The van der Waals surface area contributed by atoms with Crippen molar-refractivity contribution in [2.75, 3.05) is 18.4 Å². The van der Waals surface area contributed by atoms with Crippen LogP contribution in [0.5, 0.6) is 0 Å². The molecule has 0 saturated carbocycles. The Morgan fingerprint density at radius 2 is 2.00 bits per heavy atom. The standard InChI is InChI=1S/C18H22N2O3S/c1-4-20(12-18(2,3)23)17(22)13-7-5-8-14(11-13)19-16(21)15-9-6-10-24-15/h5-11,23H,4,12H2,1-3H3,(H,19,21). The molecule has 24 heavy (non-hydrogen) atoms. The van der Waals surface area contributed by atoms with Crippen molar-refractivity contribution in [1.29, 1.82) is 0 Å². The normalized spacial score (nSPS) is 11.2. The van der Waals surface area contributed by atoms with Crippen LogP contribution in [0, 0.1) is 0 Å². The van der Waals surface area contributed by atoms with Gasteiger partial charge in [0.2, 0.25) is 0 Å². The van der Waals surface area contributed by atoms with Gasteiger partial charge < -0.3 is 15.3 Å². The maximum atomic E-state index is 12.6. The number of amides is 2. The van der Waals surface area contributed by atoms with Gasteiger partial charge >= 0.3 is 0 Å². The Morgan fingerprint density at radius 1 is 1.25 bits per heavy atom. The number of hydrogen-bond acceptors (Lipinski definition) is 4. The van der Waals surface area contributed by atoms with E-state index in [1.54, 1.807) is 49.1 Å². The molecule has 2 N–H and O–H groups in total. The van der Waals surface area contributed by atoms with Crippen LogP contribution in [0.3, 0.4) is 0 Å². The van der Waals surface area contributed by atoms with Crippen molar-refractivity contribution in [3.63, 3.8) is 0 Å². The molecule has 0 atom stereocenters. The van der Waals surface area contributed by atoms with Crippen molar-refractivity contribution in [2.24, 2.45) is 0 Å². The Hall–Kier alpha value is -2.18. The maximum Gasteiger partial charge on any atom is 0.265 e. The van der Waals surface area contributed by atoms with Crippen molar-refractivity contribution < 1.29 is 14.7 Å². The van der Waals surface area contributed by atoms with Gasteiger partial charge in [0.1, 0.15) is 0 Å². The smallest absolute Gasteiger partial charge is 0.265 e. The fourth-order valence-corrected chi connectivity index (χ4v) is 2.93. The Labute approximate surface area is 145 Å². The summed E-state index contributed by atoms with van der Waals surface area (Å²) in [5.41, 5.74) is 0.0834. The first kappa shape index (κ1) is 18.2. The molecule has 6 heteroatoms. The van der Waals surface area contributed by atoms with Gasteiger partial charge in [0.05, 0.1) is 10.5 Å². The summed E-state index contributed by atoms with van der Waals surface area (Å²) in [4.78, 5) is 26.9. The zero-order chi connectivity index (χ0) is 17.7. The molecule has 1 aromatic carbocycles. The van der Waals surface area contributed by atoms with Gasteiger partial charge in [0.25, 0.3) is 11.8 Å². The van der Waals surface area contributed by atoms with Crippen LogP contribution in [-0.4, -0.2) is 40.5 Å². The van der Waals surface area contributed by atoms with Crippen LogP contribution in [0.2, 0.25) is 0 Å². The zero-order valence-electron chi connectivity index (χ0n) is 14.1. The molecule has 0 saturated heterocycles. The molecule has 5 nitrogen and oxygen atoms in total. The third kappa shape index (κ3) is 4.91. The van der Waals surface area contributed by atoms with Gasteiger partial charge in [-0.1, -0.05) is 12.1 Å². The van der Waals surface area contributed by atoms with E-state index in [-0.39, 0.29) is 18.4 Å². The third-order valence-electron chi connectivity index (χ3n) is 3.36. The predicted octanol–water partition coefficient (Wildman–Crippen LogP) is 3.23. The number of carbonyl (C=O) groups is 2. The molecule has 2 aromatic rings. The lowest BCUT2D eigenvalue weighted by molar-refractivity contribution is 0.0315. The molecule has 0 aliphatic carbocycles. The summed E-state index contributed by atoms with van der Waals surface area (Å²) in [6.45, 7) is 5.94. The van der Waals surface area contributed by atoms with Gasteiger partial charge in [-0.15, -0.1) is 11.3 Å². The lowest BCUT2D eigenvalue weighted by Crippen LogP contribution is -2.42. The number of benzene rings is 1. The van der Waals surface area contributed by atoms with Crippen LogP contribution in [0.15, 0.2) is 41.8 Å². The third-order valence-corrected chi connectivity index (χ3v) is 4.23. The molecule has 0 radical (unpaired) electrons. The van der Waals surface area contributed by atoms with Gasteiger partial charge in [-0.05, 0) is 50.4 Å². The first-order valence-electron chi connectivity index (χ1n) is 7.77. The molecular formula is C18H22N2O3S. The number of nitrogens with zero attached hydrogens (tertiary/aromatic N) is 1. The zero-order valence-corrected chi connectivity index (χ0v) is 14.9. The summed E-state index contributed by atoms with van der Waals surface area (Å²) in [5, 5.41) is 14.6. The van der Waals surface area contributed by atoms with E-state index in [0.29, 0.717) is 22.7 Å². The number of hydrogen-bond donors (Lipinski definition) is 2.